The Labute approximate surface area is 196 Å². The van der Waals surface area contributed by atoms with Crippen LogP contribution in [0.15, 0.2) is 60.7 Å². The highest BCUT2D eigenvalue weighted by Gasteiger charge is 2.34. The molecule has 1 aliphatic rings. The number of nitrogens with zero attached hydrogens (tertiary/aromatic N) is 1. The van der Waals surface area contributed by atoms with Crippen molar-refractivity contribution in [1.29, 1.82) is 0 Å². The zero-order valence-corrected chi connectivity index (χ0v) is 19.6. The summed E-state index contributed by atoms with van der Waals surface area (Å²) in [6, 6.07) is 18.4. The molecule has 0 aliphatic carbocycles. The molecule has 3 rings (SSSR count). The van der Waals surface area contributed by atoms with Gasteiger partial charge in [0.05, 0.1) is 0 Å². The number of hydrogen-bond donors (Lipinski definition) is 2. The zero-order chi connectivity index (χ0) is 23.6. The second kappa shape index (κ2) is 12.2. The first-order valence-corrected chi connectivity index (χ1v) is 12.0. The second-order valence-corrected chi connectivity index (χ2v) is 8.84. The Hall–Kier alpha value is -3.15. The number of benzene rings is 2. The van der Waals surface area contributed by atoms with Crippen molar-refractivity contribution in [3.63, 3.8) is 0 Å². The smallest absolute Gasteiger partial charge is 0.251 e. The van der Waals surface area contributed by atoms with Crippen molar-refractivity contribution in [2.45, 2.75) is 58.0 Å². The molecule has 0 saturated carbocycles. The maximum Gasteiger partial charge on any atom is 0.251 e. The van der Waals surface area contributed by atoms with Crippen LogP contribution in [0.3, 0.4) is 0 Å². The summed E-state index contributed by atoms with van der Waals surface area (Å²) < 4.78 is 0. The van der Waals surface area contributed by atoms with Gasteiger partial charge in [-0.2, -0.15) is 0 Å². The standard InChI is InChI=1S/C27H35N3O3/c1-3-20(2)28-27(33)25(29-26(32)23-12-8-5-9-13-23)22-16-18-30(19-17-22)24(31)15-14-21-10-6-4-7-11-21/h4-13,20,22,25H,3,14-19H2,1-2H3,(H,28,33)(H,29,32). The van der Waals surface area contributed by atoms with Gasteiger partial charge in [-0.3, -0.25) is 14.4 Å². The zero-order valence-electron chi connectivity index (χ0n) is 19.6. The number of hydrogen-bond acceptors (Lipinski definition) is 3. The molecule has 2 aromatic carbocycles. The van der Waals surface area contributed by atoms with Crippen molar-refractivity contribution in [3.8, 4) is 0 Å². The summed E-state index contributed by atoms with van der Waals surface area (Å²) in [6.45, 7) is 5.18. The van der Waals surface area contributed by atoms with E-state index in [4.69, 9.17) is 0 Å². The second-order valence-electron chi connectivity index (χ2n) is 8.84. The fourth-order valence-electron chi connectivity index (χ4n) is 4.18. The fourth-order valence-corrected chi connectivity index (χ4v) is 4.18. The third-order valence-electron chi connectivity index (χ3n) is 6.44. The molecule has 2 N–H and O–H groups in total. The van der Waals surface area contributed by atoms with Crippen molar-refractivity contribution in [1.82, 2.24) is 15.5 Å². The Morgan fingerprint density at radius 3 is 2.15 bits per heavy atom. The van der Waals surface area contributed by atoms with Gasteiger partial charge in [-0.15, -0.1) is 0 Å². The average molecular weight is 450 g/mol. The number of carbonyl (C=O) groups is 3. The van der Waals surface area contributed by atoms with Crippen LogP contribution >= 0.6 is 0 Å². The quantitative estimate of drug-likeness (QED) is 0.614. The molecule has 1 saturated heterocycles. The lowest BCUT2D eigenvalue weighted by Gasteiger charge is -2.36. The van der Waals surface area contributed by atoms with Gasteiger partial charge < -0.3 is 15.5 Å². The normalized spacial score (nSPS) is 16.0. The Morgan fingerprint density at radius 1 is 0.939 bits per heavy atom. The summed E-state index contributed by atoms with van der Waals surface area (Å²) in [7, 11) is 0. The SMILES string of the molecule is CCC(C)NC(=O)C(NC(=O)c1ccccc1)C1CCN(C(=O)CCc2ccccc2)CC1. The largest absolute Gasteiger partial charge is 0.352 e. The van der Waals surface area contributed by atoms with Gasteiger partial charge in [-0.05, 0) is 56.2 Å². The van der Waals surface area contributed by atoms with E-state index >= 15 is 0 Å². The first-order valence-electron chi connectivity index (χ1n) is 12.0. The minimum absolute atomic E-state index is 0.0140. The molecule has 0 spiro atoms. The van der Waals surface area contributed by atoms with E-state index in [0.717, 1.165) is 18.4 Å². The first-order chi connectivity index (χ1) is 16.0. The van der Waals surface area contributed by atoms with Crippen LogP contribution in [0.4, 0.5) is 0 Å². The van der Waals surface area contributed by atoms with Crippen molar-refractivity contribution in [2.24, 2.45) is 5.92 Å². The van der Waals surface area contributed by atoms with Crippen LogP contribution < -0.4 is 10.6 Å². The Balaban J connectivity index is 1.59. The van der Waals surface area contributed by atoms with Gasteiger partial charge in [0.2, 0.25) is 11.8 Å². The molecule has 1 aliphatic heterocycles. The van der Waals surface area contributed by atoms with E-state index in [1.807, 2.05) is 67.3 Å². The van der Waals surface area contributed by atoms with Gasteiger partial charge in [0.1, 0.15) is 6.04 Å². The maximum absolute atomic E-state index is 13.0. The lowest BCUT2D eigenvalue weighted by molar-refractivity contribution is -0.133. The lowest BCUT2D eigenvalue weighted by Crippen LogP contribution is -2.55. The average Bonchev–Trinajstić information content (AvgIpc) is 2.86. The van der Waals surface area contributed by atoms with Crippen LogP contribution in [0, 0.1) is 5.92 Å². The van der Waals surface area contributed by atoms with E-state index in [-0.39, 0.29) is 29.7 Å². The highest BCUT2D eigenvalue weighted by Crippen LogP contribution is 2.23. The third-order valence-corrected chi connectivity index (χ3v) is 6.44. The topological polar surface area (TPSA) is 78.5 Å². The van der Waals surface area contributed by atoms with Crippen molar-refractivity contribution < 1.29 is 14.4 Å². The molecule has 0 aromatic heterocycles. The molecular weight excluding hydrogens is 414 g/mol. The summed E-state index contributed by atoms with van der Waals surface area (Å²) >= 11 is 0. The van der Waals surface area contributed by atoms with Crippen LogP contribution in [0.2, 0.25) is 0 Å². The van der Waals surface area contributed by atoms with Gasteiger partial charge in [0, 0.05) is 31.1 Å². The predicted molar refractivity (Wildman–Crippen MR) is 130 cm³/mol. The molecule has 1 heterocycles. The van der Waals surface area contributed by atoms with Gasteiger partial charge in [0.25, 0.3) is 5.91 Å². The molecule has 33 heavy (non-hydrogen) atoms. The molecule has 6 nitrogen and oxygen atoms in total. The Morgan fingerprint density at radius 2 is 1.55 bits per heavy atom. The Bertz CT molecular complexity index is 909. The molecule has 6 heteroatoms. The highest BCUT2D eigenvalue weighted by atomic mass is 16.2. The number of amides is 3. The van der Waals surface area contributed by atoms with E-state index in [0.29, 0.717) is 37.9 Å². The van der Waals surface area contributed by atoms with E-state index in [1.54, 1.807) is 12.1 Å². The van der Waals surface area contributed by atoms with E-state index in [1.165, 1.54) is 0 Å². The molecule has 2 atom stereocenters. The van der Waals surface area contributed by atoms with E-state index in [9.17, 15) is 14.4 Å². The van der Waals surface area contributed by atoms with Crippen LogP contribution in [-0.4, -0.2) is 47.8 Å². The number of rotatable bonds is 9. The maximum atomic E-state index is 13.0. The number of nitrogens with one attached hydrogen (secondary N) is 2. The summed E-state index contributed by atoms with van der Waals surface area (Å²) in [5.74, 6) is -0.269. The lowest BCUT2D eigenvalue weighted by atomic mass is 9.88. The van der Waals surface area contributed by atoms with E-state index in [2.05, 4.69) is 10.6 Å². The fraction of sp³-hybridized carbons (Fsp3) is 0.444. The van der Waals surface area contributed by atoms with E-state index < -0.39 is 6.04 Å². The van der Waals surface area contributed by atoms with Crippen LogP contribution in [0.5, 0.6) is 0 Å². The van der Waals surface area contributed by atoms with Crippen LogP contribution in [0.1, 0.15) is 55.5 Å². The highest BCUT2D eigenvalue weighted by molar-refractivity contribution is 5.97. The summed E-state index contributed by atoms with van der Waals surface area (Å²) in [4.78, 5) is 40.4. The molecule has 0 bridgehead atoms. The Kier molecular flexibility index (Phi) is 9.04. The van der Waals surface area contributed by atoms with Crippen molar-refractivity contribution >= 4 is 17.7 Å². The van der Waals surface area contributed by atoms with Crippen molar-refractivity contribution in [2.75, 3.05) is 13.1 Å². The number of aryl methyl sites for hydroxylation is 1. The molecular formula is C27H35N3O3. The molecule has 1 fully saturated rings. The third kappa shape index (κ3) is 7.17. The minimum atomic E-state index is -0.617. The predicted octanol–water partition coefficient (Wildman–Crippen LogP) is 3.57. The monoisotopic (exact) mass is 449 g/mol. The van der Waals surface area contributed by atoms with Crippen molar-refractivity contribution in [3.05, 3.63) is 71.8 Å². The van der Waals surface area contributed by atoms with Gasteiger partial charge in [-0.25, -0.2) is 0 Å². The molecule has 3 amide bonds. The molecule has 0 radical (unpaired) electrons. The van der Waals surface area contributed by atoms with Gasteiger partial charge in [-0.1, -0.05) is 55.5 Å². The first kappa shape index (κ1) is 24.5. The minimum Gasteiger partial charge on any atom is -0.352 e. The molecule has 2 unspecified atom stereocenters. The van der Waals surface area contributed by atoms with Gasteiger partial charge >= 0.3 is 0 Å². The summed E-state index contributed by atoms with van der Waals surface area (Å²) in [5.41, 5.74) is 1.69. The van der Waals surface area contributed by atoms with Gasteiger partial charge in [0.15, 0.2) is 0 Å². The number of likely N-dealkylation sites (tertiary alicyclic amines) is 1. The summed E-state index contributed by atoms with van der Waals surface area (Å²) in [5, 5.41) is 5.99. The number of carbonyl (C=O) groups excluding carboxylic acids is 3. The molecule has 176 valence electrons. The number of piperidine rings is 1. The van der Waals surface area contributed by atoms with Crippen LogP contribution in [0.25, 0.3) is 0 Å². The summed E-state index contributed by atoms with van der Waals surface area (Å²) in [6.07, 6.45) is 3.40. The molecule has 2 aromatic rings. The van der Waals surface area contributed by atoms with Crippen LogP contribution in [-0.2, 0) is 16.0 Å².